The minimum absolute atomic E-state index is 0.271. The maximum Gasteiger partial charge on any atom is 0.257 e. The maximum atomic E-state index is 12.9. The summed E-state index contributed by atoms with van der Waals surface area (Å²) in [7, 11) is 0. The number of hydrogen-bond acceptors (Lipinski definition) is 2. The Hall–Kier alpha value is -2.95. The normalized spacial score (nSPS) is 10.3. The van der Waals surface area contributed by atoms with Gasteiger partial charge in [-0.15, -0.1) is 0 Å². The highest BCUT2D eigenvalue weighted by molar-refractivity contribution is 6.06. The van der Waals surface area contributed by atoms with Crippen LogP contribution in [0.25, 0.3) is 5.69 Å². The number of nitrogens with one attached hydrogen (secondary N) is 1. The number of halogens is 1. The molecule has 0 unspecified atom stereocenters. The lowest BCUT2D eigenvalue weighted by Crippen LogP contribution is -2.15. The van der Waals surface area contributed by atoms with Gasteiger partial charge in [-0.1, -0.05) is 12.1 Å². The Balaban J connectivity index is 1.90. The maximum absolute atomic E-state index is 12.9. The standard InChI is InChI=1S/C16H12FN3O/c17-12-6-8-13(9-7-12)19-16(21)14-4-1-2-5-15(14)20-11-3-10-18-20/h1-11H,(H,19,21). The largest absolute Gasteiger partial charge is 0.322 e. The van der Waals surface area contributed by atoms with Gasteiger partial charge in [0.1, 0.15) is 5.82 Å². The van der Waals surface area contributed by atoms with Crippen LogP contribution in [0.5, 0.6) is 0 Å². The Morgan fingerprint density at radius 2 is 1.81 bits per heavy atom. The molecule has 0 bridgehead atoms. The van der Waals surface area contributed by atoms with Crippen LogP contribution >= 0.6 is 0 Å². The van der Waals surface area contributed by atoms with Gasteiger partial charge in [-0.25, -0.2) is 9.07 Å². The molecular formula is C16H12FN3O. The Morgan fingerprint density at radius 1 is 1.05 bits per heavy atom. The highest BCUT2D eigenvalue weighted by Gasteiger charge is 2.12. The van der Waals surface area contributed by atoms with Crippen LogP contribution in [-0.2, 0) is 0 Å². The molecule has 0 saturated heterocycles. The molecule has 3 aromatic rings. The fourth-order valence-corrected chi connectivity index (χ4v) is 2.01. The molecule has 0 spiro atoms. The molecule has 1 heterocycles. The second kappa shape index (κ2) is 5.58. The first-order valence-corrected chi connectivity index (χ1v) is 6.40. The number of benzene rings is 2. The highest BCUT2D eigenvalue weighted by atomic mass is 19.1. The third-order valence-corrected chi connectivity index (χ3v) is 3.00. The van der Waals surface area contributed by atoms with Crippen LogP contribution in [0, 0.1) is 5.82 Å². The molecule has 3 rings (SSSR count). The first-order chi connectivity index (χ1) is 10.2. The first kappa shape index (κ1) is 13.1. The van der Waals surface area contributed by atoms with Crippen molar-refractivity contribution < 1.29 is 9.18 Å². The quantitative estimate of drug-likeness (QED) is 0.801. The predicted octanol–water partition coefficient (Wildman–Crippen LogP) is 3.26. The van der Waals surface area contributed by atoms with Crippen molar-refractivity contribution in [1.29, 1.82) is 0 Å². The summed E-state index contributed by atoms with van der Waals surface area (Å²) in [4.78, 5) is 12.4. The predicted molar refractivity (Wildman–Crippen MR) is 77.9 cm³/mol. The lowest BCUT2D eigenvalue weighted by Gasteiger charge is -2.10. The molecular weight excluding hydrogens is 269 g/mol. The lowest BCUT2D eigenvalue weighted by atomic mass is 10.1. The summed E-state index contributed by atoms with van der Waals surface area (Å²) in [6.07, 6.45) is 3.42. The van der Waals surface area contributed by atoms with E-state index in [-0.39, 0.29) is 11.7 Å². The van der Waals surface area contributed by atoms with E-state index in [1.54, 1.807) is 35.3 Å². The SMILES string of the molecule is O=C(Nc1ccc(F)cc1)c1ccccc1-n1cccn1. The van der Waals surface area contributed by atoms with Crippen molar-refractivity contribution in [2.45, 2.75) is 0 Å². The number of hydrogen-bond donors (Lipinski definition) is 1. The van der Waals surface area contributed by atoms with Gasteiger partial charge in [0.2, 0.25) is 0 Å². The number of rotatable bonds is 3. The molecule has 4 nitrogen and oxygen atoms in total. The molecule has 0 radical (unpaired) electrons. The molecule has 0 fully saturated rings. The zero-order valence-corrected chi connectivity index (χ0v) is 11.0. The molecule has 0 aliphatic rings. The van der Waals surface area contributed by atoms with Crippen molar-refractivity contribution >= 4 is 11.6 Å². The van der Waals surface area contributed by atoms with Gasteiger partial charge in [0.25, 0.3) is 5.91 Å². The van der Waals surface area contributed by atoms with E-state index >= 15 is 0 Å². The van der Waals surface area contributed by atoms with Crippen molar-refractivity contribution in [3.05, 3.63) is 78.4 Å². The van der Waals surface area contributed by atoms with Gasteiger partial charge < -0.3 is 5.32 Å². The third-order valence-electron chi connectivity index (χ3n) is 3.00. The van der Waals surface area contributed by atoms with Gasteiger partial charge in [0.05, 0.1) is 11.3 Å². The van der Waals surface area contributed by atoms with Crippen molar-refractivity contribution in [2.75, 3.05) is 5.32 Å². The van der Waals surface area contributed by atoms with E-state index in [0.29, 0.717) is 16.9 Å². The average Bonchev–Trinajstić information content (AvgIpc) is 3.04. The summed E-state index contributed by atoms with van der Waals surface area (Å²) in [5.74, 6) is -0.613. The Morgan fingerprint density at radius 3 is 2.52 bits per heavy atom. The van der Waals surface area contributed by atoms with Crippen molar-refractivity contribution in [3.8, 4) is 5.69 Å². The van der Waals surface area contributed by atoms with Crippen LogP contribution in [-0.4, -0.2) is 15.7 Å². The van der Waals surface area contributed by atoms with Crippen molar-refractivity contribution in [2.24, 2.45) is 0 Å². The Labute approximate surface area is 120 Å². The molecule has 1 aromatic heterocycles. The van der Waals surface area contributed by atoms with Gasteiger partial charge >= 0.3 is 0 Å². The summed E-state index contributed by atoms with van der Waals surface area (Å²) in [5, 5.41) is 6.88. The summed E-state index contributed by atoms with van der Waals surface area (Å²) in [6, 6.07) is 14.6. The first-order valence-electron chi connectivity index (χ1n) is 6.40. The second-order valence-corrected chi connectivity index (χ2v) is 4.43. The number of nitrogens with zero attached hydrogens (tertiary/aromatic N) is 2. The van der Waals surface area contributed by atoms with Crippen LogP contribution in [0.4, 0.5) is 10.1 Å². The van der Waals surface area contributed by atoms with E-state index in [4.69, 9.17) is 0 Å². The van der Waals surface area contributed by atoms with Crippen LogP contribution in [0.3, 0.4) is 0 Å². The fraction of sp³-hybridized carbons (Fsp3) is 0. The van der Waals surface area contributed by atoms with Gasteiger partial charge in [0, 0.05) is 18.1 Å². The molecule has 2 aromatic carbocycles. The van der Waals surface area contributed by atoms with E-state index in [9.17, 15) is 9.18 Å². The Bertz CT molecular complexity index is 751. The number of aromatic nitrogens is 2. The molecule has 5 heteroatoms. The zero-order chi connectivity index (χ0) is 14.7. The number of carbonyl (C=O) groups excluding carboxylic acids is 1. The van der Waals surface area contributed by atoms with E-state index < -0.39 is 0 Å². The summed E-state index contributed by atoms with van der Waals surface area (Å²) >= 11 is 0. The topological polar surface area (TPSA) is 46.9 Å². The van der Waals surface area contributed by atoms with Gasteiger partial charge in [-0.3, -0.25) is 4.79 Å². The number of anilines is 1. The highest BCUT2D eigenvalue weighted by Crippen LogP contribution is 2.16. The lowest BCUT2D eigenvalue weighted by molar-refractivity contribution is 0.102. The minimum Gasteiger partial charge on any atom is -0.322 e. The van der Waals surface area contributed by atoms with E-state index in [1.807, 2.05) is 12.1 Å². The van der Waals surface area contributed by atoms with Crippen LogP contribution in [0.2, 0.25) is 0 Å². The molecule has 1 N–H and O–H groups in total. The molecule has 0 saturated carbocycles. The third kappa shape index (κ3) is 2.81. The van der Waals surface area contributed by atoms with E-state index in [2.05, 4.69) is 10.4 Å². The van der Waals surface area contributed by atoms with Crippen LogP contribution in [0.15, 0.2) is 67.0 Å². The molecule has 0 atom stereocenters. The number of para-hydroxylation sites is 1. The van der Waals surface area contributed by atoms with Crippen molar-refractivity contribution in [1.82, 2.24) is 9.78 Å². The molecule has 0 aliphatic carbocycles. The molecule has 0 aliphatic heterocycles. The van der Waals surface area contributed by atoms with Gasteiger partial charge in [0.15, 0.2) is 0 Å². The van der Waals surface area contributed by atoms with Crippen LogP contribution in [0.1, 0.15) is 10.4 Å². The summed E-state index contributed by atoms with van der Waals surface area (Å²) < 4.78 is 14.5. The van der Waals surface area contributed by atoms with E-state index in [0.717, 1.165) is 0 Å². The van der Waals surface area contributed by atoms with Gasteiger partial charge in [-0.05, 0) is 42.5 Å². The summed E-state index contributed by atoms with van der Waals surface area (Å²) in [5.41, 5.74) is 1.71. The summed E-state index contributed by atoms with van der Waals surface area (Å²) in [6.45, 7) is 0. The molecule has 104 valence electrons. The van der Waals surface area contributed by atoms with Crippen LogP contribution < -0.4 is 5.32 Å². The average molecular weight is 281 g/mol. The molecule has 1 amide bonds. The fourth-order valence-electron chi connectivity index (χ4n) is 2.01. The number of amides is 1. The smallest absolute Gasteiger partial charge is 0.257 e. The zero-order valence-electron chi connectivity index (χ0n) is 11.0. The second-order valence-electron chi connectivity index (χ2n) is 4.43. The Kier molecular flexibility index (Phi) is 3.47. The van der Waals surface area contributed by atoms with Crippen molar-refractivity contribution in [3.63, 3.8) is 0 Å². The van der Waals surface area contributed by atoms with Gasteiger partial charge in [-0.2, -0.15) is 5.10 Å². The minimum atomic E-state index is -0.343. The van der Waals surface area contributed by atoms with E-state index in [1.165, 1.54) is 24.3 Å². The monoisotopic (exact) mass is 281 g/mol. The molecule has 21 heavy (non-hydrogen) atoms. The number of carbonyl (C=O) groups is 1.